The summed E-state index contributed by atoms with van der Waals surface area (Å²) in [5.74, 6) is 0.960. The van der Waals surface area contributed by atoms with Gasteiger partial charge in [0.1, 0.15) is 5.75 Å². The summed E-state index contributed by atoms with van der Waals surface area (Å²) in [5, 5.41) is 3.53. The average Bonchev–Trinajstić information content (AvgIpc) is 2.92. The largest absolute Gasteiger partial charge is 0.434 e. The molecule has 0 aliphatic heterocycles. The zero-order valence-electron chi connectivity index (χ0n) is 12.1. The first-order chi connectivity index (χ1) is 9.58. The fourth-order valence-electron chi connectivity index (χ4n) is 3.12. The maximum atomic E-state index is 12.4. The third-order valence-corrected chi connectivity index (χ3v) is 4.22. The molecular formula is C16H23F2NO. The van der Waals surface area contributed by atoms with Crippen LogP contribution in [0.5, 0.6) is 5.75 Å². The number of nitrogens with one attached hydrogen (secondary N) is 1. The smallest absolute Gasteiger partial charge is 0.387 e. The van der Waals surface area contributed by atoms with E-state index >= 15 is 0 Å². The average molecular weight is 283 g/mol. The van der Waals surface area contributed by atoms with E-state index in [4.69, 9.17) is 0 Å². The highest BCUT2D eigenvalue weighted by Crippen LogP contribution is 2.31. The summed E-state index contributed by atoms with van der Waals surface area (Å²) < 4.78 is 29.5. The molecule has 2 rings (SSSR count). The van der Waals surface area contributed by atoms with Gasteiger partial charge in [-0.2, -0.15) is 8.78 Å². The Hall–Kier alpha value is -1.16. The molecule has 1 fully saturated rings. The van der Waals surface area contributed by atoms with Crippen LogP contribution in [0, 0.1) is 5.92 Å². The van der Waals surface area contributed by atoms with E-state index in [2.05, 4.69) is 17.0 Å². The molecule has 1 aromatic carbocycles. The van der Waals surface area contributed by atoms with Crippen LogP contribution >= 0.6 is 0 Å². The summed E-state index contributed by atoms with van der Waals surface area (Å²) in [6.07, 6.45) is 5.12. The fourth-order valence-corrected chi connectivity index (χ4v) is 3.12. The van der Waals surface area contributed by atoms with Gasteiger partial charge in [0.2, 0.25) is 0 Å². The molecule has 0 radical (unpaired) electrons. The molecule has 0 aromatic heterocycles. The molecule has 20 heavy (non-hydrogen) atoms. The van der Waals surface area contributed by atoms with Crippen molar-refractivity contribution in [3.63, 3.8) is 0 Å². The van der Waals surface area contributed by atoms with Crippen molar-refractivity contribution in [2.75, 3.05) is 0 Å². The lowest BCUT2D eigenvalue weighted by Gasteiger charge is -2.26. The molecule has 0 spiro atoms. The van der Waals surface area contributed by atoms with Crippen LogP contribution in [0.4, 0.5) is 8.78 Å². The first-order valence-corrected chi connectivity index (χ1v) is 7.37. The van der Waals surface area contributed by atoms with E-state index in [1.165, 1.54) is 25.7 Å². The normalized spacial score (nSPS) is 19.2. The van der Waals surface area contributed by atoms with Gasteiger partial charge >= 0.3 is 6.61 Å². The minimum absolute atomic E-state index is 0.000509. The van der Waals surface area contributed by atoms with Crippen molar-refractivity contribution >= 4 is 0 Å². The Morgan fingerprint density at radius 3 is 2.45 bits per heavy atom. The van der Waals surface area contributed by atoms with Gasteiger partial charge in [0.15, 0.2) is 0 Å². The second kappa shape index (κ2) is 7.02. The number of rotatable bonds is 6. The Labute approximate surface area is 119 Å². The molecular weight excluding hydrogens is 260 g/mol. The van der Waals surface area contributed by atoms with Crippen LogP contribution in [0.3, 0.4) is 0 Å². The Bertz CT molecular complexity index is 419. The molecule has 1 aliphatic rings. The Balaban J connectivity index is 2.02. The third-order valence-electron chi connectivity index (χ3n) is 4.22. The number of hydrogen-bond acceptors (Lipinski definition) is 2. The highest BCUT2D eigenvalue weighted by Gasteiger charge is 2.24. The lowest BCUT2D eigenvalue weighted by atomic mass is 9.97. The number of alkyl halides is 2. The summed E-state index contributed by atoms with van der Waals surface area (Å²) in [4.78, 5) is 0. The van der Waals surface area contributed by atoms with Gasteiger partial charge < -0.3 is 10.1 Å². The number of hydrogen-bond donors (Lipinski definition) is 1. The zero-order valence-corrected chi connectivity index (χ0v) is 12.1. The first-order valence-electron chi connectivity index (χ1n) is 7.37. The molecule has 2 nitrogen and oxygen atoms in total. The quantitative estimate of drug-likeness (QED) is 0.829. The summed E-state index contributed by atoms with van der Waals surface area (Å²) in [7, 11) is 0. The van der Waals surface area contributed by atoms with Crippen LogP contribution in [-0.4, -0.2) is 12.7 Å². The summed E-state index contributed by atoms with van der Waals surface area (Å²) >= 11 is 0. The molecule has 1 N–H and O–H groups in total. The van der Waals surface area contributed by atoms with Crippen molar-refractivity contribution in [1.82, 2.24) is 5.32 Å². The monoisotopic (exact) mass is 283 g/mol. The van der Waals surface area contributed by atoms with Gasteiger partial charge in [-0.15, -0.1) is 0 Å². The number of halogens is 2. The standard InChI is InChI=1S/C16H23F2NO/c1-11(13-7-3-4-8-13)19-12(2)14-9-5-6-10-15(14)20-16(17)18/h5-6,9-13,16,19H,3-4,7-8H2,1-2H3. The molecule has 0 saturated heterocycles. The van der Waals surface area contributed by atoms with Gasteiger partial charge in [-0.25, -0.2) is 0 Å². The highest BCUT2D eigenvalue weighted by atomic mass is 19.3. The first kappa shape index (κ1) is 15.2. The molecule has 1 aromatic rings. The van der Waals surface area contributed by atoms with Crippen LogP contribution in [0.1, 0.15) is 51.1 Å². The molecule has 0 bridgehead atoms. The second-order valence-electron chi connectivity index (χ2n) is 5.64. The predicted molar refractivity (Wildman–Crippen MR) is 76.0 cm³/mol. The number of ether oxygens (including phenoxy) is 1. The minimum Gasteiger partial charge on any atom is -0.434 e. The maximum absolute atomic E-state index is 12.4. The Morgan fingerprint density at radius 1 is 1.15 bits per heavy atom. The van der Waals surface area contributed by atoms with Gasteiger partial charge in [0.25, 0.3) is 0 Å². The van der Waals surface area contributed by atoms with Crippen molar-refractivity contribution in [3.05, 3.63) is 29.8 Å². The van der Waals surface area contributed by atoms with Gasteiger partial charge in [-0.1, -0.05) is 31.0 Å². The maximum Gasteiger partial charge on any atom is 0.387 e. The van der Waals surface area contributed by atoms with E-state index in [1.807, 2.05) is 19.1 Å². The summed E-state index contributed by atoms with van der Waals surface area (Å²) in [5.41, 5.74) is 0.789. The molecule has 1 saturated carbocycles. The van der Waals surface area contributed by atoms with Gasteiger partial charge in [0.05, 0.1) is 0 Å². The van der Waals surface area contributed by atoms with E-state index in [-0.39, 0.29) is 11.8 Å². The molecule has 4 heteroatoms. The van der Waals surface area contributed by atoms with E-state index in [0.29, 0.717) is 12.0 Å². The fraction of sp³-hybridized carbons (Fsp3) is 0.625. The molecule has 112 valence electrons. The van der Waals surface area contributed by atoms with Crippen molar-refractivity contribution < 1.29 is 13.5 Å². The molecule has 0 amide bonds. The van der Waals surface area contributed by atoms with E-state index < -0.39 is 6.61 Å². The lowest BCUT2D eigenvalue weighted by Crippen LogP contribution is -2.34. The van der Waals surface area contributed by atoms with E-state index in [9.17, 15) is 8.78 Å². The second-order valence-corrected chi connectivity index (χ2v) is 5.64. The summed E-state index contributed by atoms with van der Waals surface area (Å²) in [6, 6.07) is 7.41. The zero-order chi connectivity index (χ0) is 14.5. The SMILES string of the molecule is CC(NC(C)C1CCCC1)c1ccccc1OC(F)F. The topological polar surface area (TPSA) is 21.3 Å². The Morgan fingerprint density at radius 2 is 1.80 bits per heavy atom. The third kappa shape index (κ3) is 3.92. The van der Waals surface area contributed by atoms with Crippen LogP contribution < -0.4 is 10.1 Å². The van der Waals surface area contributed by atoms with Crippen LogP contribution in [-0.2, 0) is 0 Å². The predicted octanol–water partition coefficient (Wildman–Crippen LogP) is 4.52. The molecule has 2 atom stereocenters. The number of benzene rings is 1. The molecule has 1 aliphatic carbocycles. The van der Waals surface area contributed by atoms with Gasteiger partial charge in [-0.3, -0.25) is 0 Å². The van der Waals surface area contributed by atoms with Crippen LogP contribution in [0.15, 0.2) is 24.3 Å². The highest BCUT2D eigenvalue weighted by molar-refractivity contribution is 5.35. The van der Waals surface area contributed by atoms with Gasteiger partial charge in [-0.05, 0) is 38.7 Å². The minimum atomic E-state index is -2.78. The summed E-state index contributed by atoms with van der Waals surface area (Å²) in [6.45, 7) is 1.40. The Kier molecular flexibility index (Phi) is 5.35. The van der Waals surface area contributed by atoms with E-state index in [0.717, 1.165) is 5.56 Å². The van der Waals surface area contributed by atoms with Crippen molar-refractivity contribution in [2.24, 2.45) is 5.92 Å². The van der Waals surface area contributed by atoms with Crippen molar-refractivity contribution in [2.45, 2.75) is 58.2 Å². The van der Waals surface area contributed by atoms with Gasteiger partial charge in [0, 0.05) is 17.6 Å². The van der Waals surface area contributed by atoms with E-state index in [1.54, 1.807) is 12.1 Å². The lowest BCUT2D eigenvalue weighted by molar-refractivity contribution is -0.0507. The molecule has 2 unspecified atom stereocenters. The number of para-hydroxylation sites is 1. The van der Waals surface area contributed by atoms with Crippen molar-refractivity contribution in [1.29, 1.82) is 0 Å². The molecule has 0 heterocycles. The van der Waals surface area contributed by atoms with Crippen molar-refractivity contribution in [3.8, 4) is 5.75 Å². The van der Waals surface area contributed by atoms with Crippen LogP contribution in [0.25, 0.3) is 0 Å². The van der Waals surface area contributed by atoms with Crippen LogP contribution in [0.2, 0.25) is 0 Å².